The van der Waals surface area contributed by atoms with E-state index in [-0.39, 0.29) is 0 Å². The quantitative estimate of drug-likeness (QED) is 0.603. The van der Waals surface area contributed by atoms with Crippen LogP contribution in [0.3, 0.4) is 0 Å². The van der Waals surface area contributed by atoms with Crippen molar-refractivity contribution >= 4 is 0 Å². The first kappa shape index (κ1) is 18.1. The van der Waals surface area contributed by atoms with Crippen molar-refractivity contribution in [3.8, 4) is 0 Å². The highest BCUT2D eigenvalue weighted by Gasteiger charge is 2.14. The number of likely N-dealkylation sites (tertiary alicyclic amines) is 1. The largest absolute Gasteiger partial charge is 0.304 e. The molecule has 0 bridgehead atoms. The van der Waals surface area contributed by atoms with E-state index in [9.17, 15) is 0 Å². The molecule has 0 unspecified atom stereocenters. The van der Waals surface area contributed by atoms with Gasteiger partial charge in [0.2, 0.25) is 0 Å². The fourth-order valence-corrected chi connectivity index (χ4v) is 3.27. The maximum absolute atomic E-state index is 2.60. The first-order chi connectivity index (χ1) is 10.6. The molecule has 2 saturated heterocycles. The maximum Gasteiger partial charge on any atom is 0.0110 e. The molecular formula is C17H37N5. The van der Waals surface area contributed by atoms with Crippen LogP contribution in [0.25, 0.3) is 0 Å². The number of nitrogens with zero attached hydrogens (tertiary/aromatic N) is 5. The van der Waals surface area contributed by atoms with Crippen LogP contribution in [-0.4, -0.2) is 124 Å². The molecule has 5 nitrogen and oxygen atoms in total. The van der Waals surface area contributed by atoms with Gasteiger partial charge in [0.1, 0.15) is 0 Å². The van der Waals surface area contributed by atoms with Crippen molar-refractivity contribution < 1.29 is 0 Å². The molecule has 2 rings (SSSR count). The number of hydrogen-bond donors (Lipinski definition) is 0. The molecule has 0 N–H and O–H groups in total. The van der Waals surface area contributed by atoms with Crippen molar-refractivity contribution in [3.63, 3.8) is 0 Å². The molecule has 2 fully saturated rings. The van der Waals surface area contributed by atoms with E-state index in [1.54, 1.807) is 0 Å². The van der Waals surface area contributed by atoms with Gasteiger partial charge in [-0.25, -0.2) is 0 Å². The molecule has 0 saturated carbocycles. The zero-order valence-corrected chi connectivity index (χ0v) is 15.1. The molecule has 2 aliphatic rings. The summed E-state index contributed by atoms with van der Waals surface area (Å²) in [6.45, 7) is 14.8. The summed E-state index contributed by atoms with van der Waals surface area (Å²) in [5.41, 5.74) is 0. The lowest BCUT2D eigenvalue weighted by atomic mass is 10.3. The normalized spacial score (nSPS) is 22.2. The van der Waals surface area contributed by atoms with Gasteiger partial charge in [-0.2, -0.15) is 0 Å². The minimum absolute atomic E-state index is 1.18. The van der Waals surface area contributed by atoms with Crippen LogP contribution >= 0.6 is 0 Å². The molecule has 22 heavy (non-hydrogen) atoms. The predicted molar refractivity (Wildman–Crippen MR) is 94.6 cm³/mol. The lowest BCUT2D eigenvalue weighted by molar-refractivity contribution is 0.137. The average molecular weight is 312 g/mol. The molecule has 5 heteroatoms. The number of rotatable bonds is 9. The van der Waals surface area contributed by atoms with Gasteiger partial charge in [-0.05, 0) is 47.1 Å². The van der Waals surface area contributed by atoms with Gasteiger partial charge in [-0.15, -0.1) is 0 Å². The van der Waals surface area contributed by atoms with Crippen LogP contribution < -0.4 is 0 Å². The monoisotopic (exact) mass is 311 g/mol. The molecular weight excluding hydrogens is 274 g/mol. The van der Waals surface area contributed by atoms with Crippen molar-refractivity contribution in [2.75, 3.05) is 99.7 Å². The van der Waals surface area contributed by atoms with Gasteiger partial charge in [0.15, 0.2) is 0 Å². The summed E-state index contributed by atoms with van der Waals surface area (Å²) in [6.07, 6.45) is 2.80. The number of hydrogen-bond acceptors (Lipinski definition) is 5. The SMILES string of the molecule is CN(CCN(C)CCN1CCN(C)CC1)CCN1CCCC1. The van der Waals surface area contributed by atoms with Gasteiger partial charge in [0.05, 0.1) is 0 Å². The Balaban J connectivity index is 1.48. The van der Waals surface area contributed by atoms with Crippen LogP contribution in [0.5, 0.6) is 0 Å². The van der Waals surface area contributed by atoms with Gasteiger partial charge in [0, 0.05) is 65.4 Å². The van der Waals surface area contributed by atoms with Crippen molar-refractivity contribution in [3.05, 3.63) is 0 Å². The van der Waals surface area contributed by atoms with E-state index in [0.29, 0.717) is 0 Å². The van der Waals surface area contributed by atoms with Crippen molar-refractivity contribution in [1.82, 2.24) is 24.5 Å². The van der Waals surface area contributed by atoms with Crippen molar-refractivity contribution in [1.29, 1.82) is 0 Å². The molecule has 0 spiro atoms. The molecule has 0 radical (unpaired) electrons. The molecule has 0 amide bonds. The second-order valence-corrected chi connectivity index (χ2v) is 7.30. The van der Waals surface area contributed by atoms with Gasteiger partial charge < -0.3 is 19.6 Å². The number of piperazine rings is 1. The smallest absolute Gasteiger partial charge is 0.0110 e. The van der Waals surface area contributed by atoms with Crippen LogP contribution in [0, 0.1) is 0 Å². The molecule has 0 aromatic heterocycles. The van der Waals surface area contributed by atoms with E-state index in [0.717, 1.165) is 0 Å². The van der Waals surface area contributed by atoms with E-state index >= 15 is 0 Å². The van der Waals surface area contributed by atoms with E-state index in [2.05, 4.69) is 45.6 Å². The molecule has 0 aliphatic carbocycles. The van der Waals surface area contributed by atoms with E-state index in [1.165, 1.54) is 91.4 Å². The van der Waals surface area contributed by atoms with Gasteiger partial charge in [-0.1, -0.05) is 0 Å². The van der Waals surface area contributed by atoms with Gasteiger partial charge in [0.25, 0.3) is 0 Å². The van der Waals surface area contributed by atoms with E-state index in [4.69, 9.17) is 0 Å². The highest BCUT2D eigenvalue weighted by Crippen LogP contribution is 2.06. The van der Waals surface area contributed by atoms with Gasteiger partial charge >= 0.3 is 0 Å². The van der Waals surface area contributed by atoms with Crippen LogP contribution in [-0.2, 0) is 0 Å². The molecule has 0 aromatic rings. The topological polar surface area (TPSA) is 16.2 Å². The Morgan fingerprint density at radius 1 is 0.636 bits per heavy atom. The Morgan fingerprint density at radius 2 is 1.09 bits per heavy atom. The highest BCUT2D eigenvalue weighted by molar-refractivity contribution is 4.71. The second-order valence-electron chi connectivity index (χ2n) is 7.30. The summed E-state index contributed by atoms with van der Waals surface area (Å²) >= 11 is 0. The van der Waals surface area contributed by atoms with Crippen LogP contribution in [0.15, 0.2) is 0 Å². The standard InChI is InChI=1S/C17H37N5/c1-18(10-14-21-6-4-5-7-21)8-9-19(2)11-15-22-16-12-20(3)13-17-22/h4-17H2,1-3H3. The summed E-state index contributed by atoms with van der Waals surface area (Å²) in [5.74, 6) is 0. The highest BCUT2D eigenvalue weighted by atomic mass is 15.3. The van der Waals surface area contributed by atoms with Crippen LogP contribution in [0.4, 0.5) is 0 Å². The Morgan fingerprint density at radius 3 is 1.59 bits per heavy atom. The first-order valence-corrected chi connectivity index (χ1v) is 9.14. The summed E-state index contributed by atoms with van der Waals surface area (Å²) in [7, 11) is 6.76. The maximum atomic E-state index is 2.60. The first-order valence-electron chi connectivity index (χ1n) is 9.14. The molecule has 0 atom stereocenters. The minimum atomic E-state index is 1.18. The minimum Gasteiger partial charge on any atom is -0.304 e. The predicted octanol–water partition coefficient (Wildman–Crippen LogP) is 0.193. The third kappa shape index (κ3) is 6.92. The number of likely N-dealkylation sites (N-methyl/N-ethyl adjacent to an activating group) is 3. The lowest BCUT2D eigenvalue weighted by Crippen LogP contribution is -2.47. The summed E-state index contributed by atoms with van der Waals surface area (Å²) < 4.78 is 0. The zero-order chi connectivity index (χ0) is 15.8. The van der Waals surface area contributed by atoms with Crippen LogP contribution in [0.1, 0.15) is 12.8 Å². The molecule has 130 valence electrons. The Kier molecular flexibility index (Phi) is 8.11. The fraction of sp³-hybridized carbons (Fsp3) is 1.00. The van der Waals surface area contributed by atoms with Crippen molar-refractivity contribution in [2.24, 2.45) is 0 Å². The van der Waals surface area contributed by atoms with E-state index < -0.39 is 0 Å². The average Bonchev–Trinajstić information content (AvgIpc) is 3.04. The summed E-state index contributed by atoms with van der Waals surface area (Å²) in [6, 6.07) is 0. The Hall–Kier alpha value is -0.200. The van der Waals surface area contributed by atoms with Crippen molar-refractivity contribution in [2.45, 2.75) is 12.8 Å². The summed E-state index contributed by atoms with van der Waals surface area (Å²) in [5, 5.41) is 0. The van der Waals surface area contributed by atoms with E-state index in [1.807, 2.05) is 0 Å². The Labute approximate surface area is 137 Å². The summed E-state index contributed by atoms with van der Waals surface area (Å²) in [4.78, 5) is 12.6. The third-order valence-corrected chi connectivity index (χ3v) is 5.25. The lowest BCUT2D eigenvalue weighted by Gasteiger charge is -2.33. The molecule has 2 heterocycles. The third-order valence-electron chi connectivity index (χ3n) is 5.25. The second kappa shape index (κ2) is 9.83. The Bertz CT molecular complexity index is 285. The fourth-order valence-electron chi connectivity index (χ4n) is 3.27. The zero-order valence-electron chi connectivity index (χ0n) is 15.1. The van der Waals surface area contributed by atoms with Crippen LogP contribution in [0.2, 0.25) is 0 Å². The van der Waals surface area contributed by atoms with Gasteiger partial charge in [-0.3, -0.25) is 4.90 Å². The molecule has 0 aromatic carbocycles. The molecule has 2 aliphatic heterocycles.